The van der Waals surface area contributed by atoms with E-state index >= 15 is 0 Å². The molecule has 0 saturated heterocycles. The van der Waals surface area contributed by atoms with Crippen molar-refractivity contribution in [2.45, 2.75) is 19.8 Å². The largest absolute Gasteiger partial charge is 0.198 e. The normalized spacial score (nSPS) is 13.9. The van der Waals surface area contributed by atoms with Crippen molar-refractivity contribution in [1.82, 2.24) is 0 Å². The summed E-state index contributed by atoms with van der Waals surface area (Å²) in [4.78, 5) is 0. The molecule has 0 aliphatic rings. The number of nitrogens with zero attached hydrogens (tertiary/aromatic N) is 1. The van der Waals surface area contributed by atoms with Gasteiger partial charge < -0.3 is 0 Å². The molecule has 0 fully saturated rings. The molecular weight excluding hydrogens is 250 g/mol. The molecule has 1 nitrogen and oxygen atoms in total. The summed E-state index contributed by atoms with van der Waals surface area (Å²) in [7, 11) is 0. The second-order valence-electron chi connectivity index (χ2n) is 3.93. The summed E-state index contributed by atoms with van der Waals surface area (Å²) in [6, 6.07) is 10.4. The summed E-state index contributed by atoms with van der Waals surface area (Å²) in [5, 5.41) is 9.16. The molecule has 0 aliphatic carbocycles. The Bertz CT molecular complexity index is 392. The highest BCUT2D eigenvalue weighted by Gasteiger charge is 2.23. The lowest BCUT2D eigenvalue weighted by Crippen LogP contribution is -2.16. The molecule has 1 aromatic rings. The van der Waals surface area contributed by atoms with Crippen LogP contribution in [0.1, 0.15) is 18.9 Å². The van der Waals surface area contributed by atoms with E-state index in [-0.39, 0.29) is 5.41 Å². The summed E-state index contributed by atoms with van der Waals surface area (Å²) >= 11 is 3.49. The van der Waals surface area contributed by atoms with Crippen LogP contribution in [0.25, 0.3) is 0 Å². The fourth-order valence-electron chi connectivity index (χ4n) is 1.54. The molecule has 1 aromatic carbocycles. The van der Waals surface area contributed by atoms with Crippen LogP contribution < -0.4 is 0 Å². The molecule has 0 saturated carbocycles. The minimum atomic E-state index is -0.356. The molecule has 0 aliphatic heterocycles. The standard InChI is InChI=1S/C13H14BrN/c1-3-8-13(2,10-15)9-11-6-4-5-7-12(11)14/h3-7H,1,8-9H2,2H3. The van der Waals surface area contributed by atoms with Crippen molar-refractivity contribution in [2.24, 2.45) is 5.41 Å². The number of nitriles is 1. The molecule has 2 heteroatoms. The Balaban J connectivity index is 2.90. The van der Waals surface area contributed by atoms with E-state index in [2.05, 4.69) is 28.6 Å². The van der Waals surface area contributed by atoms with Crippen LogP contribution in [0.3, 0.4) is 0 Å². The second-order valence-corrected chi connectivity index (χ2v) is 4.79. The van der Waals surface area contributed by atoms with E-state index in [0.29, 0.717) is 6.42 Å². The zero-order valence-corrected chi connectivity index (χ0v) is 10.4. The average molecular weight is 264 g/mol. The van der Waals surface area contributed by atoms with Gasteiger partial charge in [0.05, 0.1) is 11.5 Å². The van der Waals surface area contributed by atoms with E-state index in [1.807, 2.05) is 31.2 Å². The summed E-state index contributed by atoms with van der Waals surface area (Å²) in [5.74, 6) is 0. The highest BCUT2D eigenvalue weighted by molar-refractivity contribution is 9.10. The van der Waals surface area contributed by atoms with Gasteiger partial charge in [-0.05, 0) is 31.4 Å². The Kier molecular flexibility index (Phi) is 4.11. The van der Waals surface area contributed by atoms with Gasteiger partial charge in [0.15, 0.2) is 0 Å². The van der Waals surface area contributed by atoms with Crippen molar-refractivity contribution < 1.29 is 0 Å². The smallest absolute Gasteiger partial charge is 0.0693 e. The minimum Gasteiger partial charge on any atom is -0.198 e. The number of allylic oxidation sites excluding steroid dienone is 1. The van der Waals surface area contributed by atoms with Crippen LogP contribution >= 0.6 is 15.9 Å². The summed E-state index contributed by atoms with van der Waals surface area (Å²) < 4.78 is 1.07. The predicted molar refractivity (Wildman–Crippen MR) is 66.4 cm³/mol. The van der Waals surface area contributed by atoms with Crippen LogP contribution in [-0.4, -0.2) is 0 Å². The van der Waals surface area contributed by atoms with E-state index in [1.54, 1.807) is 6.08 Å². The molecule has 1 unspecified atom stereocenters. The lowest BCUT2D eigenvalue weighted by molar-refractivity contribution is 0.445. The van der Waals surface area contributed by atoms with Gasteiger partial charge in [0.1, 0.15) is 0 Å². The highest BCUT2D eigenvalue weighted by atomic mass is 79.9. The average Bonchev–Trinajstić information content (AvgIpc) is 2.22. The van der Waals surface area contributed by atoms with Gasteiger partial charge in [-0.25, -0.2) is 0 Å². The fourth-order valence-corrected chi connectivity index (χ4v) is 1.96. The lowest BCUT2D eigenvalue weighted by Gasteiger charge is -2.20. The Morgan fingerprint density at radius 1 is 1.53 bits per heavy atom. The van der Waals surface area contributed by atoms with Crippen LogP contribution in [-0.2, 0) is 6.42 Å². The Morgan fingerprint density at radius 2 is 2.20 bits per heavy atom. The maximum atomic E-state index is 9.16. The van der Waals surface area contributed by atoms with Gasteiger partial charge in [-0.15, -0.1) is 6.58 Å². The van der Waals surface area contributed by atoms with E-state index in [9.17, 15) is 0 Å². The number of rotatable bonds is 4. The third-order valence-corrected chi connectivity index (χ3v) is 3.18. The molecule has 0 aromatic heterocycles. The van der Waals surface area contributed by atoms with Crippen LogP contribution in [0.4, 0.5) is 0 Å². The molecule has 15 heavy (non-hydrogen) atoms. The summed E-state index contributed by atoms with van der Waals surface area (Å²) in [6.45, 7) is 5.66. The van der Waals surface area contributed by atoms with Crippen LogP contribution in [0.2, 0.25) is 0 Å². The summed E-state index contributed by atoms with van der Waals surface area (Å²) in [5.41, 5.74) is 0.814. The molecule has 0 bridgehead atoms. The first kappa shape index (κ1) is 12.0. The maximum Gasteiger partial charge on any atom is 0.0693 e. The zero-order chi connectivity index (χ0) is 11.3. The van der Waals surface area contributed by atoms with E-state index < -0.39 is 0 Å². The molecule has 1 atom stereocenters. The van der Waals surface area contributed by atoms with Gasteiger partial charge in [-0.1, -0.05) is 40.2 Å². The predicted octanol–water partition coefficient (Wildman–Crippen LogP) is 4.10. The van der Waals surface area contributed by atoms with Crippen LogP contribution in [0.15, 0.2) is 41.4 Å². The first-order chi connectivity index (χ1) is 7.11. The quantitative estimate of drug-likeness (QED) is 0.751. The highest BCUT2D eigenvalue weighted by Crippen LogP contribution is 2.29. The zero-order valence-electron chi connectivity index (χ0n) is 8.83. The molecule has 0 amide bonds. The number of halogens is 1. The molecule has 0 heterocycles. The Labute approximate surface area is 99.6 Å². The number of hydrogen-bond donors (Lipinski definition) is 0. The maximum absolute atomic E-state index is 9.16. The van der Waals surface area contributed by atoms with Crippen LogP contribution in [0.5, 0.6) is 0 Å². The van der Waals surface area contributed by atoms with Gasteiger partial charge >= 0.3 is 0 Å². The molecule has 78 valence electrons. The number of benzene rings is 1. The topological polar surface area (TPSA) is 23.8 Å². The summed E-state index contributed by atoms with van der Waals surface area (Å²) in [6.07, 6.45) is 3.27. The lowest BCUT2D eigenvalue weighted by atomic mass is 9.82. The SMILES string of the molecule is C=CCC(C)(C#N)Cc1ccccc1Br. The number of hydrogen-bond acceptors (Lipinski definition) is 1. The molecule has 0 radical (unpaired) electrons. The molecule has 0 spiro atoms. The van der Waals surface area contributed by atoms with Gasteiger partial charge in [0.25, 0.3) is 0 Å². The molecule has 0 N–H and O–H groups in total. The first-order valence-electron chi connectivity index (χ1n) is 4.87. The monoisotopic (exact) mass is 263 g/mol. The van der Waals surface area contributed by atoms with Crippen molar-refractivity contribution in [1.29, 1.82) is 5.26 Å². The van der Waals surface area contributed by atoms with Gasteiger partial charge in [-0.2, -0.15) is 5.26 Å². The fraction of sp³-hybridized carbons (Fsp3) is 0.308. The van der Waals surface area contributed by atoms with E-state index in [0.717, 1.165) is 10.9 Å². The van der Waals surface area contributed by atoms with Crippen molar-refractivity contribution in [3.8, 4) is 6.07 Å². The van der Waals surface area contributed by atoms with Crippen molar-refractivity contribution in [3.05, 3.63) is 47.0 Å². The minimum absolute atomic E-state index is 0.356. The van der Waals surface area contributed by atoms with Gasteiger partial charge in [0.2, 0.25) is 0 Å². The third kappa shape index (κ3) is 3.21. The second kappa shape index (κ2) is 5.14. The van der Waals surface area contributed by atoms with Crippen LogP contribution in [0, 0.1) is 16.7 Å². The molecule has 1 rings (SSSR count). The third-order valence-electron chi connectivity index (χ3n) is 2.40. The van der Waals surface area contributed by atoms with Crippen molar-refractivity contribution >= 4 is 15.9 Å². The van der Waals surface area contributed by atoms with Gasteiger partial charge in [-0.3, -0.25) is 0 Å². The Morgan fingerprint density at radius 3 is 2.73 bits per heavy atom. The first-order valence-corrected chi connectivity index (χ1v) is 5.66. The van der Waals surface area contributed by atoms with Crippen molar-refractivity contribution in [3.63, 3.8) is 0 Å². The Hall–Kier alpha value is -1.07. The van der Waals surface area contributed by atoms with Gasteiger partial charge in [0, 0.05) is 4.47 Å². The van der Waals surface area contributed by atoms with Crippen molar-refractivity contribution in [2.75, 3.05) is 0 Å². The molecular formula is C13H14BrN. The van der Waals surface area contributed by atoms with E-state index in [4.69, 9.17) is 5.26 Å². The van der Waals surface area contributed by atoms with E-state index in [1.165, 1.54) is 5.56 Å².